The fourth-order valence-electron chi connectivity index (χ4n) is 4.55. The van der Waals surface area contributed by atoms with Gasteiger partial charge in [-0.1, -0.05) is 36.4 Å². The zero-order chi connectivity index (χ0) is 34.8. The summed E-state index contributed by atoms with van der Waals surface area (Å²) in [5, 5.41) is 11.6. The average Bonchev–Trinajstić information content (AvgIpc) is 3.07. The van der Waals surface area contributed by atoms with Crippen LogP contribution in [-0.2, 0) is 5.60 Å². The lowest BCUT2D eigenvalue weighted by atomic mass is 9.80. The van der Waals surface area contributed by atoms with Crippen molar-refractivity contribution in [2.75, 3.05) is 51.6 Å². The summed E-state index contributed by atoms with van der Waals surface area (Å²) >= 11 is 0. The first-order chi connectivity index (χ1) is 22.8. The predicted octanol–water partition coefficient (Wildman–Crippen LogP) is 5.38. The van der Waals surface area contributed by atoms with Crippen LogP contribution in [0.1, 0.15) is 16.7 Å². The minimum absolute atomic E-state index is 0.507. The second-order valence-electron chi connectivity index (χ2n) is 10.9. The smallest absolute Gasteiger partial charge is 0.140 e. The van der Waals surface area contributed by atoms with Crippen LogP contribution in [0.5, 0.6) is 11.5 Å². The molecule has 19 N–H and O–H groups in total. The number of hydrogen-bond acceptors (Lipinski definition) is 11. The summed E-state index contributed by atoms with van der Waals surface area (Å²) in [6, 6.07) is 38.9. The average molecular weight is 644 g/mol. The molecule has 11 heteroatoms. The van der Waals surface area contributed by atoms with Gasteiger partial charge in [0.05, 0.1) is 22.7 Å². The van der Waals surface area contributed by atoms with Crippen molar-refractivity contribution >= 4 is 51.2 Å². The molecule has 6 aromatic rings. The quantitative estimate of drug-likeness (QED) is 0.0842. The molecule has 0 aliphatic rings. The molecular weight excluding hydrogens is 602 g/mol. The van der Waals surface area contributed by atoms with Gasteiger partial charge in [0.1, 0.15) is 17.1 Å². The van der Waals surface area contributed by atoms with Crippen molar-refractivity contribution in [3.63, 3.8) is 0 Å². The van der Waals surface area contributed by atoms with E-state index in [-0.39, 0.29) is 0 Å². The van der Waals surface area contributed by atoms with Crippen molar-refractivity contribution in [1.82, 2.24) is 0 Å². The molecule has 11 nitrogen and oxygen atoms in total. The third-order valence-electron chi connectivity index (χ3n) is 7.27. The van der Waals surface area contributed by atoms with Crippen molar-refractivity contribution in [1.29, 1.82) is 0 Å². The maximum atomic E-state index is 11.6. The van der Waals surface area contributed by atoms with Crippen LogP contribution in [0.2, 0.25) is 0 Å². The molecule has 6 aromatic carbocycles. The van der Waals surface area contributed by atoms with Crippen LogP contribution in [0.15, 0.2) is 133 Å². The lowest BCUT2D eigenvalue weighted by Gasteiger charge is -2.30. The summed E-state index contributed by atoms with van der Waals surface area (Å²) in [5.41, 5.74) is 56.7. The Morgan fingerprint density at radius 3 is 1.00 bits per heavy atom. The number of ether oxygens (including phenoxy) is 1. The van der Waals surface area contributed by atoms with E-state index in [1.165, 1.54) is 0 Å². The maximum absolute atomic E-state index is 11.6. The summed E-state index contributed by atoms with van der Waals surface area (Å²) in [4.78, 5) is 0. The molecule has 0 radical (unpaired) electrons. The van der Waals surface area contributed by atoms with E-state index in [1.54, 1.807) is 97.1 Å². The second kappa shape index (κ2) is 15.0. The van der Waals surface area contributed by atoms with Crippen LogP contribution in [0, 0.1) is 0 Å². The van der Waals surface area contributed by atoms with Crippen LogP contribution in [0.4, 0.5) is 51.2 Å². The van der Waals surface area contributed by atoms with Crippen LogP contribution < -0.4 is 56.3 Å². The predicted molar refractivity (Wildman–Crippen MR) is 201 cm³/mol. The fourth-order valence-corrected chi connectivity index (χ4v) is 4.55. The Labute approximate surface area is 279 Å². The fraction of sp³-hybridized carbons (Fsp3) is 0.0270. The van der Waals surface area contributed by atoms with Gasteiger partial charge in [0, 0.05) is 34.5 Å². The topological polar surface area (TPSA) is 264 Å². The zero-order valence-electron chi connectivity index (χ0n) is 26.3. The van der Waals surface area contributed by atoms with E-state index in [9.17, 15) is 5.11 Å². The summed E-state index contributed by atoms with van der Waals surface area (Å²) in [7, 11) is 0. The second-order valence-corrected chi connectivity index (χ2v) is 10.9. The van der Waals surface area contributed by atoms with Gasteiger partial charge in [-0.15, -0.1) is 0 Å². The molecule has 48 heavy (non-hydrogen) atoms. The van der Waals surface area contributed by atoms with E-state index in [1.807, 2.05) is 36.4 Å². The normalized spacial score (nSPS) is 10.5. The monoisotopic (exact) mass is 643 g/mol. The number of hydrogen-bond donors (Lipinski definition) is 10. The number of aliphatic hydroxyl groups is 1. The molecule has 0 bridgehead atoms. The van der Waals surface area contributed by atoms with Crippen LogP contribution in [0.3, 0.4) is 0 Å². The van der Waals surface area contributed by atoms with Gasteiger partial charge >= 0.3 is 0 Å². The lowest BCUT2D eigenvalue weighted by molar-refractivity contribution is 0.126. The lowest BCUT2D eigenvalue weighted by Crippen LogP contribution is -2.28. The highest BCUT2D eigenvalue weighted by Crippen LogP contribution is 2.37. The minimum atomic E-state index is -1.31. The molecular formula is C37H41N9O2. The third-order valence-corrected chi connectivity index (χ3v) is 7.27. The van der Waals surface area contributed by atoms with Crippen molar-refractivity contribution in [2.24, 2.45) is 0 Å². The highest BCUT2D eigenvalue weighted by molar-refractivity contribution is 5.68. The Balaban J connectivity index is 0.000000180. The van der Waals surface area contributed by atoms with Gasteiger partial charge in [-0.05, 0) is 108 Å². The standard InChI is InChI=1S/C19H19N3O.C12H13N3O.C6H9N3/c20-16-7-1-13(2-8-16)19(23,14-3-9-17(21)10-4-14)15-5-11-18(22)12-6-15;13-8-1-3-9(4-2-8)16-10-5-6-11(14)12(15)7-10;7-4-1-2-5(8)6(9)3-4/h1-12,23H,20-22H2;1-7H,13-15H2;1-3H,7-9H2. The van der Waals surface area contributed by atoms with Crippen molar-refractivity contribution in [3.8, 4) is 11.5 Å². The SMILES string of the molecule is Nc1ccc(C(O)(c2ccc(N)cc2)c2ccc(N)cc2)cc1.Nc1ccc(N)c(N)c1.Nc1ccc(Oc2ccc(N)c(N)c2)cc1. The summed E-state index contributed by atoms with van der Waals surface area (Å²) in [5.74, 6) is 1.36. The molecule has 0 unspecified atom stereocenters. The molecule has 0 heterocycles. The van der Waals surface area contributed by atoms with Crippen molar-refractivity contribution in [2.45, 2.75) is 5.60 Å². The molecule has 0 aliphatic heterocycles. The Morgan fingerprint density at radius 2 is 0.646 bits per heavy atom. The summed E-state index contributed by atoms with van der Waals surface area (Å²) < 4.78 is 5.58. The first kappa shape index (κ1) is 34.2. The van der Waals surface area contributed by atoms with E-state index in [0.29, 0.717) is 62.7 Å². The van der Waals surface area contributed by atoms with Crippen molar-refractivity contribution in [3.05, 3.63) is 150 Å². The van der Waals surface area contributed by atoms with Crippen LogP contribution >= 0.6 is 0 Å². The van der Waals surface area contributed by atoms with Gasteiger partial charge in [0.15, 0.2) is 0 Å². The highest BCUT2D eigenvalue weighted by atomic mass is 16.5. The van der Waals surface area contributed by atoms with E-state index in [2.05, 4.69) is 0 Å². The van der Waals surface area contributed by atoms with Gasteiger partial charge < -0.3 is 61.4 Å². The number of anilines is 9. The van der Waals surface area contributed by atoms with Gasteiger partial charge in [0.2, 0.25) is 0 Å². The molecule has 0 aliphatic carbocycles. The Kier molecular flexibility index (Phi) is 10.7. The van der Waals surface area contributed by atoms with Gasteiger partial charge in [-0.25, -0.2) is 0 Å². The maximum Gasteiger partial charge on any atom is 0.140 e. The van der Waals surface area contributed by atoms with Gasteiger partial charge in [-0.3, -0.25) is 0 Å². The molecule has 0 fully saturated rings. The van der Waals surface area contributed by atoms with E-state index >= 15 is 0 Å². The van der Waals surface area contributed by atoms with Gasteiger partial charge in [-0.2, -0.15) is 0 Å². The van der Waals surface area contributed by atoms with E-state index in [4.69, 9.17) is 56.3 Å². The highest BCUT2D eigenvalue weighted by Gasteiger charge is 2.33. The molecule has 246 valence electrons. The zero-order valence-corrected chi connectivity index (χ0v) is 26.3. The molecule has 0 spiro atoms. The number of benzene rings is 6. The Morgan fingerprint density at radius 1 is 0.333 bits per heavy atom. The third kappa shape index (κ3) is 8.71. The van der Waals surface area contributed by atoms with Gasteiger partial charge in [0.25, 0.3) is 0 Å². The largest absolute Gasteiger partial charge is 0.457 e. The molecule has 0 atom stereocenters. The number of rotatable bonds is 5. The minimum Gasteiger partial charge on any atom is -0.457 e. The molecule has 0 saturated carbocycles. The number of nitrogen functional groups attached to an aromatic ring is 9. The van der Waals surface area contributed by atoms with E-state index in [0.717, 1.165) is 16.7 Å². The number of nitrogens with two attached hydrogens (primary N) is 9. The summed E-state index contributed by atoms with van der Waals surface area (Å²) in [6.07, 6.45) is 0. The van der Waals surface area contributed by atoms with Crippen LogP contribution in [-0.4, -0.2) is 5.11 Å². The molecule has 0 aromatic heterocycles. The first-order valence-electron chi connectivity index (χ1n) is 14.7. The Hall–Kier alpha value is -6.72. The summed E-state index contributed by atoms with van der Waals surface area (Å²) in [6.45, 7) is 0. The van der Waals surface area contributed by atoms with E-state index < -0.39 is 5.60 Å². The molecule has 6 rings (SSSR count). The Bertz CT molecular complexity index is 1820. The van der Waals surface area contributed by atoms with Crippen LogP contribution in [0.25, 0.3) is 0 Å². The van der Waals surface area contributed by atoms with Crippen molar-refractivity contribution < 1.29 is 9.84 Å². The molecule has 0 amide bonds. The molecule has 0 saturated heterocycles. The first-order valence-corrected chi connectivity index (χ1v) is 14.7.